The third-order valence-electron chi connectivity index (χ3n) is 2.99. The van der Waals surface area contributed by atoms with E-state index in [1.165, 1.54) is 0 Å². The molecule has 0 heterocycles. The number of amides is 1. The van der Waals surface area contributed by atoms with E-state index in [4.69, 9.17) is 4.74 Å². The van der Waals surface area contributed by atoms with Gasteiger partial charge >= 0.3 is 12.1 Å². The topological polar surface area (TPSA) is 75.6 Å². The number of ether oxygens (including phenoxy) is 1. The molecule has 1 amide bonds. The number of carbonyl (C=O) groups is 2. The van der Waals surface area contributed by atoms with E-state index in [1.54, 1.807) is 34.6 Å². The van der Waals surface area contributed by atoms with Gasteiger partial charge in [0.25, 0.3) is 0 Å². The molecule has 0 bridgehead atoms. The van der Waals surface area contributed by atoms with Crippen LogP contribution in [0.1, 0.15) is 61.3 Å². The van der Waals surface area contributed by atoms with Gasteiger partial charge in [0.15, 0.2) is 0 Å². The van der Waals surface area contributed by atoms with Crippen molar-refractivity contribution in [3.63, 3.8) is 0 Å². The predicted molar refractivity (Wildman–Crippen MR) is 74.1 cm³/mol. The van der Waals surface area contributed by atoms with E-state index in [1.807, 2.05) is 13.8 Å². The van der Waals surface area contributed by atoms with E-state index >= 15 is 0 Å². The summed E-state index contributed by atoms with van der Waals surface area (Å²) >= 11 is 0. The number of rotatable bonds is 5. The van der Waals surface area contributed by atoms with Crippen LogP contribution in [0.15, 0.2) is 0 Å². The van der Waals surface area contributed by atoms with Crippen molar-refractivity contribution < 1.29 is 19.4 Å². The summed E-state index contributed by atoms with van der Waals surface area (Å²) < 4.78 is 5.21. The number of carboxylic acid groups (broad SMARTS) is 1. The third-order valence-corrected chi connectivity index (χ3v) is 2.99. The Kier molecular flexibility index (Phi) is 5.42. The predicted octanol–water partition coefficient (Wildman–Crippen LogP) is 3.18. The first kappa shape index (κ1) is 17.7. The highest BCUT2D eigenvalue weighted by Crippen LogP contribution is 2.30. The van der Waals surface area contributed by atoms with E-state index in [-0.39, 0.29) is 0 Å². The van der Waals surface area contributed by atoms with Gasteiger partial charge in [-0.25, -0.2) is 4.79 Å². The SMILES string of the molecule is CCC(C)(CC(C)(C)C(=O)O)NC(=O)OC(C)(C)C. The summed E-state index contributed by atoms with van der Waals surface area (Å²) in [6.07, 6.45) is 0.451. The first-order chi connectivity index (χ1) is 8.31. The molecule has 19 heavy (non-hydrogen) atoms. The lowest BCUT2D eigenvalue weighted by atomic mass is 9.78. The number of hydrogen-bond acceptors (Lipinski definition) is 3. The Balaban J connectivity index is 4.80. The molecule has 0 aromatic heterocycles. The second-order valence-electron chi connectivity index (χ2n) is 6.91. The fourth-order valence-corrected chi connectivity index (χ4v) is 1.86. The highest BCUT2D eigenvalue weighted by Gasteiger charge is 2.38. The largest absolute Gasteiger partial charge is 0.481 e. The number of carbonyl (C=O) groups excluding carboxylic acids is 1. The summed E-state index contributed by atoms with van der Waals surface area (Å²) in [6.45, 7) is 12.4. The van der Waals surface area contributed by atoms with Gasteiger partial charge in [-0.3, -0.25) is 4.79 Å². The Bertz CT molecular complexity index is 344. The molecule has 0 rings (SSSR count). The average molecular weight is 273 g/mol. The first-order valence-corrected chi connectivity index (χ1v) is 6.56. The van der Waals surface area contributed by atoms with Crippen molar-refractivity contribution >= 4 is 12.1 Å². The molecule has 5 nitrogen and oxygen atoms in total. The number of alkyl carbamates (subject to hydrolysis) is 1. The molecule has 2 N–H and O–H groups in total. The first-order valence-electron chi connectivity index (χ1n) is 6.56. The standard InChI is InChI=1S/C14H27NO4/c1-8-14(7,9-13(5,6)10(16)17)15-11(18)19-12(2,3)4/h8-9H2,1-7H3,(H,15,18)(H,16,17). The molecule has 0 fully saturated rings. The highest BCUT2D eigenvalue weighted by molar-refractivity contribution is 5.74. The third kappa shape index (κ3) is 6.45. The Morgan fingerprint density at radius 1 is 1.11 bits per heavy atom. The Morgan fingerprint density at radius 2 is 1.58 bits per heavy atom. The van der Waals surface area contributed by atoms with Crippen molar-refractivity contribution in [1.82, 2.24) is 5.32 Å². The van der Waals surface area contributed by atoms with Crippen LogP contribution in [0.3, 0.4) is 0 Å². The molecule has 0 aliphatic heterocycles. The van der Waals surface area contributed by atoms with E-state index in [0.29, 0.717) is 12.8 Å². The number of aliphatic carboxylic acids is 1. The molecule has 0 radical (unpaired) electrons. The smallest absolute Gasteiger partial charge is 0.408 e. The molecule has 1 atom stereocenters. The molecule has 0 aliphatic rings. The minimum atomic E-state index is -0.903. The van der Waals surface area contributed by atoms with Crippen LogP contribution in [0.5, 0.6) is 0 Å². The second-order valence-corrected chi connectivity index (χ2v) is 6.91. The summed E-state index contributed by atoms with van der Waals surface area (Å²) in [6, 6.07) is 0. The van der Waals surface area contributed by atoms with Crippen molar-refractivity contribution in [2.45, 2.75) is 72.4 Å². The van der Waals surface area contributed by atoms with Crippen LogP contribution in [-0.4, -0.2) is 28.3 Å². The summed E-state index contributed by atoms with van der Waals surface area (Å²) in [5, 5.41) is 12.0. The van der Waals surface area contributed by atoms with E-state index in [2.05, 4.69) is 5.32 Å². The lowest BCUT2D eigenvalue weighted by molar-refractivity contribution is -0.148. The monoisotopic (exact) mass is 273 g/mol. The van der Waals surface area contributed by atoms with Gasteiger partial charge in [0.05, 0.1) is 5.41 Å². The van der Waals surface area contributed by atoms with Crippen molar-refractivity contribution in [3.05, 3.63) is 0 Å². The van der Waals surface area contributed by atoms with Gasteiger partial charge < -0.3 is 15.2 Å². The van der Waals surface area contributed by atoms with Crippen molar-refractivity contribution in [3.8, 4) is 0 Å². The molecule has 0 spiro atoms. The van der Waals surface area contributed by atoms with Crippen LogP contribution in [-0.2, 0) is 9.53 Å². The van der Waals surface area contributed by atoms with Crippen molar-refractivity contribution in [2.24, 2.45) is 5.41 Å². The van der Waals surface area contributed by atoms with E-state index < -0.39 is 28.6 Å². The Morgan fingerprint density at radius 3 is 1.89 bits per heavy atom. The van der Waals surface area contributed by atoms with E-state index in [9.17, 15) is 14.7 Å². The zero-order valence-electron chi connectivity index (χ0n) is 13.1. The lowest BCUT2D eigenvalue weighted by Crippen LogP contribution is -2.50. The van der Waals surface area contributed by atoms with Crippen LogP contribution in [0, 0.1) is 5.41 Å². The lowest BCUT2D eigenvalue weighted by Gasteiger charge is -2.36. The van der Waals surface area contributed by atoms with Gasteiger partial charge in [-0.15, -0.1) is 0 Å². The molecule has 1 unspecified atom stereocenters. The molecule has 5 heteroatoms. The van der Waals surface area contributed by atoms with Gasteiger partial charge in [-0.1, -0.05) is 6.92 Å². The quantitative estimate of drug-likeness (QED) is 0.806. The zero-order chi connectivity index (χ0) is 15.5. The molecule has 0 aromatic carbocycles. The molecule has 0 aliphatic carbocycles. The van der Waals surface area contributed by atoms with Crippen LogP contribution in [0.4, 0.5) is 4.79 Å². The van der Waals surface area contributed by atoms with Crippen LogP contribution >= 0.6 is 0 Å². The highest BCUT2D eigenvalue weighted by atomic mass is 16.6. The fourth-order valence-electron chi connectivity index (χ4n) is 1.86. The molecule has 112 valence electrons. The molecular weight excluding hydrogens is 246 g/mol. The zero-order valence-corrected chi connectivity index (χ0v) is 13.1. The summed E-state index contributed by atoms with van der Waals surface area (Å²) in [7, 11) is 0. The normalized spacial score (nSPS) is 15.5. The maximum atomic E-state index is 11.8. The van der Waals surface area contributed by atoms with Crippen molar-refractivity contribution in [1.29, 1.82) is 0 Å². The van der Waals surface area contributed by atoms with Crippen LogP contribution < -0.4 is 5.32 Å². The van der Waals surface area contributed by atoms with Crippen LogP contribution in [0.25, 0.3) is 0 Å². The van der Waals surface area contributed by atoms with Gasteiger partial charge in [-0.2, -0.15) is 0 Å². The number of hydrogen-bond donors (Lipinski definition) is 2. The van der Waals surface area contributed by atoms with Crippen molar-refractivity contribution in [2.75, 3.05) is 0 Å². The Labute approximate surface area is 115 Å². The molecule has 0 saturated heterocycles. The van der Waals surface area contributed by atoms with Crippen LogP contribution in [0.2, 0.25) is 0 Å². The number of carboxylic acids is 1. The summed E-state index contributed by atoms with van der Waals surface area (Å²) in [5.41, 5.74) is -2.08. The summed E-state index contributed by atoms with van der Waals surface area (Å²) in [5.74, 6) is -0.877. The maximum absolute atomic E-state index is 11.8. The molecule has 0 aromatic rings. The maximum Gasteiger partial charge on any atom is 0.408 e. The molecular formula is C14H27NO4. The van der Waals surface area contributed by atoms with Gasteiger partial charge in [0, 0.05) is 5.54 Å². The van der Waals surface area contributed by atoms with Gasteiger partial charge in [-0.05, 0) is 54.4 Å². The average Bonchev–Trinajstić information content (AvgIpc) is 2.12. The second kappa shape index (κ2) is 5.80. The minimum absolute atomic E-state index is 0.338. The van der Waals surface area contributed by atoms with E-state index in [0.717, 1.165) is 0 Å². The molecule has 0 saturated carbocycles. The number of nitrogens with one attached hydrogen (secondary N) is 1. The summed E-state index contributed by atoms with van der Waals surface area (Å²) in [4.78, 5) is 23.0. The minimum Gasteiger partial charge on any atom is -0.481 e. The van der Waals surface area contributed by atoms with Gasteiger partial charge in [0.2, 0.25) is 0 Å². The fraction of sp³-hybridized carbons (Fsp3) is 0.857. The van der Waals surface area contributed by atoms with Gasteiger partial charge in [0.1, 0.15) is 5.60 Å². The Hall–Kier alpha value is -1.26.